The van der Waals surface area contributed by atoms with Crippen molar-refractivity contribution >= 4 is 34.4 Å². The van der Waals surface area contributed by atoms with Crippen LogP contribution in [0.25, 0.3) is 16.9 Å². The molecule has 2 aromatic carbocycles. The molecule has 9 heteroatoms. The van der Waals surface area contributed by atoms with Crippen molar-refractivity contribution in [1.82, 2.24) is 18.7 Å². The minimum absolute atomic E-state index is 0.108. The Bertz CT molecular complexity index is 1340. The van der Waals surface area contributed by atoms with Crippen molar-refractivity contribution in [1.29, 1.82) is 0 Å². The zero-order chi connectivity index (χ0) is 21.3. The van der Waals surface area contributed by atoms with Gasteiger partial charge in [-0.15, -0.1) is 0 Å². The molecule has 2 aromatic heterocycles. The molecule has 0 saturated heterocycles. The molecule has 0 radical (unpaired) electrons. The fourth-order valence-electron chi connectivity index (χ4n) is 3.36. The summed E-state index contributed by atoms with van der Waals surface area (Å²) in [7, 11) is 1.51. The number of rotatable bonds is 6. The zero-order valence-electron chi connectivity index (χ0n) is 16.1. The van der Waals surface area contributed by atoms with Crippen LogP contribution < -0.4 is 11.2 Å². The molecular formula is C21H18Cl2N4O3. The normalized spacial score (nSPS) is 11.3. The lowest BCUT2D eigenvalue weighted by Gasteiger charge is -2.13. The molecule has 0 aliphatic rings. The highest BCUT2D eigenvalue weighted by molar-refractivity contribution is 6.32. The van der Waals surface area contributed by atoms with Crippen LogP contribution in [0.3, 0.4) is 0 Å². The molecule has 0 unspecified atom stereocenters. The lowest BCUT2D eigenvalue weighted by Crippen LogP contribution is -2.41. The molecule has 0 N–H and O–H groups in total. The largest absolute Gasteiger partial charge is 0.383 e. The van der Waals surface area contributed by atoms with Crippen molar-refractivity contribution < 1.29 is 4.74 Å². The maximum absolute atomic E-state index is 13.2. The van der Waals surface area contributed by atoms with Crippen molar-refractivity contribution in [3.63, 3.8) is 0 Å². The SMILES string of the molecule is COCCn1c(=O)c2c(ncn2Cc2cccc(Cl)c2)n(-c2ccccc2Cl)c1=O. The third-order valence-electron chi connectivity index (χ3n) is 4.75. The third-order valence-corrected chi connectivity index (χ3v) is 5.31. The van der Waals surface area contributed by atoms with E-state index in [1.54, 1.807) is 41.2 Å². The van der Waals surface area contributed by atoms with E-state index in [1.807, 2.05) is 18.2 Å². The van der Waals surface area contributed by atoms with Crippen LogP contribution in [0.1, 0.15) is 5.56 Å². The van der Waals surface area contributed by atoms with E-state index in [4.69, 9.17) is 27.9 Å². The van der Waals surface area contributed by atoms with Gasteiger partial charge in [0, 0.05) is 18.7 Å². The molecule has 0 saturated carbocycles. The van der Waals surface area contributed by atoms with Gasteiger partial charge < -0.3 is 9.30 Å². The van der Waals surface area contributed by atoms with Gasteiger partial charge in [0.1, 0.15) is 0 Å². The van der Waals surface area contributed by atoms with E-state index in [2.05, 4.69) is 4.98 Å². The summed E-state index contributed by atoms with van der Waals surface area (Å²) in [6.07, 6.45) is 1.54. The number of ether oxygens (including phenoxy) is 1. The Morgan fingerprint density at radius 3 is 2.60 bits per heavy atom. The van der Waals surface area contributed by atoms with E-state index in [1.165, 1.54) is 11.7 Å². The molecule has 0 atom stereocenters. The fourth-order valence-corrected chi connectivity index (χ4v) is 3.79. The van der Waals surface area contributed by atoms with Crippen LogP contribution in [0.4, 0.5) is 0 Å². The Balaban J connectivity index is 1.99. The van der Waals surface area contributed by atoms with Crippen molar-refractivity contribution in [3.8, 4) is 5.69 Å². The highest BCUT2D eigenvalue weighted by atomic mass is 35.5. The Labute approximate surface area is 181 Å². The smallest absolute Gasteiger partial charge is 0.337 e. The Morgan fingerprint density at radius 2 is 1.87 bits per heavy atom. The van der Waals surface area contributed by atoms with E-state index < -0.39 is 11.2 Å². The number of halogens is 2. The number of imidazole rings is 1. The predicted octanol–water partition coefficient (Wildman–Crippen LogP) is 3.35. The van der Waals surface area contributed by atoms with E-state index >= 15 is 0 Å². The summed E-state index contributed by atoms with van der Waals surface area (Å²) >= 11 is 12.5. The molecule has 154 valence electrons. The van der Waals surface area contributed by atoms with Gasteiger partial charge in [-0.05, 0) is 29.8 Å². The van der Waals surface area contributed by atoms with Gasteiger partial charge in [-0.3, -0.25) is 9.36 Å². The number of aromatic nitrogens is 4. The summed E-state index contributed by atoms with van der Waals surface area (Å²) in [5.74, 6) is 0. The van der Waals surface area contributed by atoms with E-state index in [9.17, 15) is 9.59 Å². The van der Waals surface area contributed by atoms with E-state index in [-0.39, 0.29) is 18.8 Å². The van der Waals surface area contributed by atoms with Gasteiger partial charge in [-0.2, -0.15) is 0 Å². The number of hydrogen-bond acceptors (Lipinski definition) is 4. The van der Waals surface area contributed by atoms with Crippen LogP contribution in [-0.2, 0) is 17.8 Å². The summed E-state index contributed by atoms with van der Waals surface area (Å²) in [6, 6.07) is 14.3. The van der Waals surface area contributed by atoms with Crippen molar-refractivity contribution in [2.75, 3.05) is 13.7 Å². The quantitative estimate of drug-likeness (QED) is 0.457. The molecule has 0 amide bonds. The molecule has 0 aliphatic carbocycles. The van der Waals surface area contributed by atoms with Gasteiger partial charge in [0.25, 0.3) is 5.56 Å². The lowest BCUT2D eigenvalue weighted by molar-refractivity contribution is 0.184. The van der Waals surface area contributed by atoms with Crippen LogP contribution in [0.5, 0.6) is 0 Å². The summed E-state index contributed by atoms with van der Waals surface area (Å²) in [5, 5.41) is 0.977. The van der Waals surface area contributed by atoms with Crippen molar-refractivity contribution in [2.24, 2.45) is 0 Å². The predicted molar refractivity (Wildman–Crippen MR) is 117 cm³/mol. The van der Waals surface area contributed by atoms with Crippen molar-refractivity contribution in [3.05, 3.63) is 91.3 Å². The molecule has 0 spiro atoms. The summed E-state index contributed by atoms with van der Waals surface area (Å²) in [6.45, 7) is 0.694. The fraction of sp³-hybridized carbons (Fsp3) is 0.190. The van der Waals surface area contributed by atoms with Crippen LogP contribution in [-0.4, -0.2) is 32.4 Å². The monoisotopic (exact) mass is 444 g/mol. The molecule has 30 heavy (non-hydrogen) atoms. The first-order valence-corrected chi connectivity index (χ1v) is 9.96. The summed E-state index contributed by atoms with van der Waals surface area (Å²) < 4.78 is 9.30. The number of nitrogens with zero attached hydrogens (tertiary/aromatic N) is 4. The third kappa shape index (κ3) is 3.67. The molecule has 0 bridgehead atoms. The molecule has 0 fully saturated rings. The van der Waals surface area contributed by atoms with Crippen LogP contribution in [0.15, 0.2) is 64.4 Å². The van der Waals surface area contributed by atoms with Gasteiger partial charge in [0.2, 0.25) is 0 Å². The number of para-hydroxylation sites is 1. The highest BCUT2D eigenvalue weighted by Crippen LogP contribution is 2.22. The number of hydrogen-bond donors (Lipinski definition) is 0. The van der Waals surface area contributed by atoms with Gasteiger partial charge in [0.05, 0.1) is 30.2 Å². The van der Waals surface area contributed by atoms with E-state index in [0.717, 1.165) is 10.1 Å². The Morgan fingerprint density at radius 1 is 1.07 bits per heavy atom. The number of benzene rings is 2. The van der Waals surface area contributed by atoms with Gasteiger partial charge >= 0.3 is 5.69 Å². The van der Waals surface area contributed by atoms with Gasteiger partial charge in [-0.25, -0.2) is 14.3 Å². The van der Waals surface area contributed by atoms with Crippen molar-refractivity contribution in [2.45, 2.75) is 13.1 Å². The minimum Gasteiger partial charge on any atom is -0.383 e. The summed E-state index contributed by atoms with van der Waals surface area (Å²) in [4.78, 5) is 30.8. The first-order chi connectivity index (χ1) is 14.5. The second kappa shape index (κ2) is 8.47. The van der Waals surface area contributed by atoms with Gasteiger partial charge in [0.15, 0.2) is 11.2 Å². The second-order valence-corrected chi connectivity index (χ2v) is 7.54. The lowest BCUT2D eigenvalue weighted by atomic mass is 10.2. The van der Waals surface area contributed by atoms with E-state index in [0.29, 0.717) is 27.8 Å². The average molecular weight is 445 g/mol. The van der Waals surface area contributed by atoms with Crippen LogP contribution in [0.2, 0.25) is 10.0 Å². The first-order valence-electron chi connectivity index (χ1n) is 9.20. The maximum Gasteiger partial charge on any atom is 0.337 e. The zero-order valence-corrected chi connectivity index (χ0v) is 17.6. The molecule has 4 aromatic rings. The molecule has 2 heterocycles. The maximum atomic E-state index is 13.2. The molecular weight excluding hydrogens is 427 g/mol. The molecule has 7 nitrogen and oxygen atoms in total. The van der Waals surface area contributed by atoms with Gasteiger partial charge in [-0.1, -0.05) is 47.5 Å². The second-order valence-electron chi connectivity index (χ2n) is 6.69. The first kappa shape index (κ1) is 20.4. The average Bonchev–Trinajstić information content (AvgIpc) is 3.13. The highest BCUT2D eigenvalue weighted by Gasteiger charge is 2.20. The minimum atomic E-state index is -0.523. The Hall–Kier alpha value is -2.87. The summed E-state index contributed by atoms with van der Waals surface area (Å²) in [5.41, 5.74) is 0.938. The molecule has 4 rings (SSSR count). The van der Waals surface area contributed by atoms with Crippen LogP contribution in [0, 0.1) is 0 Å². The number of methoxy groups -OCH3 is 1. The Kier molecular flexibility index (Phi) is 5.76. The number of fused-ring (bicyclic) bond motifs is 1. The standard InChI is InChI=1S/C21H18Cl2N4O3/c1-30-10-9-26-20(28)18-19(27(21(26)29)17-8-3-2-7-16(17)23)24-13-25(18)12-14-5-4-6-15(22)11-14/h2-8,11,13H,9-10,12H2,1H3. The topological polar surface area (TPSA) is 71.1 Å². The molecule has 0 aliphatic heterocycles. The van der Waals surface area contributed by atoms with Crippen LogP contribution >= 0.6 is 23.2 Å².